The SMILES string of the molecule is COCc1ccc2c3c(C(N)=O)cccc3n(Cc3ccc(OC(F)(F)F)cc3)c2c1. The molecular formula is C23H19F3N2O3. The third-order valence-electron chi connectivity index (χ3n) is 5.03. The highest BCUT2D eigenvalue weighted by Gasteiger charge is 2.31. The fourth-order valence-electron chi connectivity index (χ4n) is 3.80. The molecule has 160 valence electrons. The Balaban J connectivity index is 1.84. The van der Waals surface area contributed by atoms with Crippen LogP contribution in [0.4, 0.5) is 13.2 Å². The molecule has 0 radical (unpaired) electrons. The van der Waals surface area contributed by atoms with Crippen molar-refractivity contribution in [3.05, 3.63) is 77.4 Å². The Kier molecular flexibility index (Phi) is 5.32. The molecule has 0 aliphatic heterocycles. The molecule has 0 atom stereocenters. The Bertz CT molecular complexity index is 1260. The maximum absolute atomic E-state index is 12.4. The van der Waals surface area contributed by atoms with Gasteiger partial charge < -0.3 is 19.8 Å². The van der Waals surface area contributed by atoms with E-state index in [-0.39, 0.29) is 5.75 Å². The van der Waals surface area contributed by atoms with Gasteiger partial charge in [-0.05, 0) is 41.5 Å². The quantitative estimate of drug-likeness (QED) is 0.471. The standard InChI is InChI=1S/C23H19F3N2O3/c1-30-13-15-7-10-17-20(11-15)28(19-4-2-3-18(21(17)19)22(27)29)12-14-5-8-16(9-6-14)31-23(24,25)26/h2-11H,12-13H2,1H3,(H2,27,29). The van der Waals surface area contributed by atoms with Gasteiger partial charge in [0, 0.05) is 35.5 Å². The van der Waals surface area contributed by atoms with Gasteiger partial charge in [0.25, 0.3) is 0 Å². The molecule has 31 heavy (non-hydrogen) atoms. The van der Waals surface area contributed by atoms with Crippen LogP contribution < -0.4 is 10.5 Å². The van der Waals surface area contributed by atoms with Gasteiger partial charge in [0.05, 0.1) is 12.1 Å². The van der Waals surface area contributed by atoms with Crippen LogP contribution in [0.2, 0.25) is 0 Å². The molecule has 0 aliphatic carbocycles. The van der Waals surface area contributed by atoms with Crippen LogP contribution >= 0.6 is 0 Å². The highest BCUT2D eigenvalue weighted by Crippen LogP contribution is 2.33. The van der Waals surface area contributed by atoms with Crippen molar-refractivity contribution < 1.29 is 27.4 Å². The Morgan fingerprint density at radius 1 is 1.00 bits per heavy atom. The number of hydrogen-bond acceptors (Lipinski definition) is 3. The van der Waals surface area contributed by atoms with Crippen LogP contribution in [0.1, 0.15) is 21.5 Å². The molecule has 0 unspecified atom stereocenters. The molecule has 1 heterocycles. The summed E-state index contributed by atoms with van der Waals surface area (Å²) in [5.74, 6) is -0.809. The van der Waals surface area contributed by atoms with Crippen molar-refractivity contribution in [1.29, 1.82) is 0 Å². The second-order valence-electron chi connectivity index (χ2n) is 7.13. The first-order chi connectivity index (χ1) is 14.8. The van der Waals surface area contributed by atoms with E-state index in [1.54, 1.807) is 31.4 Å². The van der Waals surface area contributed by atoms with Crippen molar-refractivity contribution in [2.45, 2.75) is 19.5 Å². The van der Waals surface area contributed by atoms with Gasteiger partial charge in [-0.1, -0.05) is 30.3 Å². The van der Waals surface area contributed by atoms with E-state index in [0.717, 1.165) is 32.9 Å². The minimum absolute atomic E-state index is 0.281. The van der Waals surface area contributed by atoms with E-state index in [0.29, 0.717) is 18.7 Å². The third kappa shape index (κ3) is 4.20. The number of benzene rings is 3. The van der Waals surface area contributed by atoms with Gasteiger partial charge in [-0.15, -0.1) is 13.2 Å². The molecule has 1 aromatic heterocycles. The number of carbonyl (C=O) groups excluding carboxylic acids is 1. The topological polar surface area (TPSA) is 66.5 Å². The van der Waals surface area contributed by atoms with Gasteiger partial charge in [-0.2, -0.15) is 0 Å². The van der Waals surface area contributed by atoms with Crippen molar-refractivity contribution in [2.75, 3.05) is 7.11 Å². The summed E-state index contributed by atoms with van der Waals surface area (Å²) in [6.07, 6.45) is -4.74. The number of nitrogens with zero attached hydrogens (tertiary/aromatic N) is 1. The highest BCUT2D eigenvalue weighted by molar-refractivity contribution is 6.17. The predicted molar refractivity (Wildman–Crippen MR) is 111 cm³/mol. The normalized spacial score (nSPS) is 11.9. The van der Waals surface area contributed by atoms with Crippen LogP contribution in [0.3, 0.4) is 0 Å². The zero-order valence-electron chi connectivity index (χ0n) is 16.6. The Morgan fingerprint density at radius 3 is 2.35 bits per heavy atom. The molecule has 4 rings (SSSR count). The van der Waals surface area contributed by atoms with E-state index >= 15 is 0 Å². The van der Waals surface area contributed by atoms with E-state index in [9.17, 15) is 18.0 Å². The maximum atomic E-state index is 12.4. The summed E-state index contributed by atoms with van der Waals surface area (Å²) in [6.45, 7) is 0.800. The second-order valence-corrected chi connectivity index (χ2v) is 7.13. The van der Waals surface area contributed by atoms with Crippen LogP contribution in [-0.2, 0) is 17.9 Å². The van der Waals surface area contributed by atoms with E-state index in [2.05, 4.69) is 4.74 Å². The predicted octanol–water partition coefficient (Wildman–Crippen LogP) is 4.99. The largest absolute Gasteiger partial charge is 0.573 e. The lowest BCUT2D eigenvalue weighted by Gasteiger charge is -2.11. The van der Waals surface area contributed by atoms with Gasteiger partial charge in [-0.3, -0.25) is 4.79 Å². The number of hydrogen-bond donors (Lipinski definition) is 1. The first-order valence-corrected chi connectivity index (χ1v) is 9.44. The maximum Gasteiger partial charge on any atom is 0.573 e. The molecule has 0 fully saturated rings. The molecule has 0 bridgehead atoms. The fraction of sp³-hybridized carbons (Fsp3) is 0.174. The van der Waals surface area contributed by atoms with Gasteiger partial charge in [-0.25, -0.2) is 0 Å². The monoisotopic (exact) mass is 428 g/mol. The summed E-state index contributed by atoms with van der Waals surface area (Å²) in [6, 6.07) is 16.9. The minimum Gasteiger partial charge on any atom is -0.406 e. The molecule has 2 N–H and O–H groups in total. The summed E-state index contributed by atoms with van der Waals surface area (Å²) in [5, 5.41) is 1.60. The minimum atomic E-state index is -4.74. The average Bonchev–Trinajstić information content (AvgIpc) is 3.02. The van der Waals surface area contributed by atoms with Gasteiger partial charge in [0.15, 0.2) is 0 Å². The summed E-state index contributed by atoms with van der Waals surface area (Å²) in [7, 11) is 1.61. The zero-order chi connectivity index (χ0) is 22.2. The summed E-state index contributed by atoms with van der Waals surface area (Å²) in [5.41, 5.74) is 9.41. The third-order valence-corrected chi connectivity index (χ3v) is 5.03. The lowest BCUT2D eigenvalue weighted by atomic mass is 10.0. The van der Waals surface area contributed by atoms with Crippen LogP contribution in [0.5, 0.6) is 5.75 Å². The smallest absolute Gasteiger partial charge is 0.406 e. The Hall–Kier alpha value is -3.52. The number of fused-ring (bicyclic) bond motifs is 3. The van der Waals surface area contributed by atoms with Crippen LogP contribution in [-0.4, -0.2) is 23.9 Å². The summed E-state index contributed by atoms with van der Waals surface area (Å²) >= 11 is 0. The fourth-order valence-corrected chi connectivity index (χ4v) is 3.80. The number of alkyl halides is 3. The zero-order valence-corrected chi connectivity index (χ0v) is 16.6. The van der Waals surface area contributed by atoms with E-state index in [1.165, 1.54) is 12.1 Å². The average molecular weight is 428 g/mol. The molecule has 5 nitrogen and oxygen atoms in total. The second kappa shape index (κ2) is 7.96. The highest BCUT2D eigenvalue weighted by atomic mass is 19.4. The van der Waals surface area contributed by atoms with Crippen molar-refractivity contribution in [2.24, 2.45) is 5.73 Å². The number of methoxy groups -OCH3 is 1. The molecule has 1 amide bonds. The number of amides is 1. The molecule has 0 saturated carbocycles. The number of ether oxygens (including phenoxy) is 2. The molecule has 4 aromatic rings. The first-order valence-electron chi connectivity index (χ1n) is 9.44. The van der Waals surface area contributed by atoms with Crippen molar-refractivity contribution in [1.82, 2.24) is 4.57 Å². The van der Waals surface area contributed by atoms with E-state index in [4.69, 9.17) is 10.5 Å². The number of primary amides is 1. The van der Waals surface area contributed by atoms with Gasteiger partial charge >= 0.3 is 6.36 Å². The molecule has 0 saturated heterocycles. The van der Waals surface area contributed by atoms with Crippen LogP contribution in [0, 0.1) is 0 Å². The first kappa shape index (κ1) is 20.7. The molecule has 3 aromatic carbocycles. The number of aromatic nitrogens is 1. The number of carbonyl (C=O) groups is 1. The van der Waals surface area contributed by atoms with E-state index < -0.39 is 12.3 Å². The van der Waals surface area contributed by atoms with Crippen molar-refractivity contribution in [3.8, 4) is 5.75 Å². The van der Waals surface area contributed by atoms with Crippen molar-refractivity contribution in [3.63, 3.8) is 0 Å². The molecular weight excluding hydrogens is 409 g/mol. The van der Waals surface area contributed by atoms with Gasteiger partial charge in [0.2, 0.25) is 5.91 Å². The molecule has 0 aliphatic rings. The number of halogens is 3. The van der Waals surface area contributed by atoms with Crippen molar-refractivity contribution >= 4 is 27.7 Å². The molecule has 0 spiro atoms. The number of nitrogens with two attached hydrogens (primary N) is 1. The van der Waals surface area contributed by atoms with Gasteiger partial charge in [0.1, 0.15) is 5.75 Å². The Labute approximate surface area is 175 Å². The summed E-state index contributed by atoms with van der Waals surface area (Å²) in [4.78, 5) is 12.0. The lowest BCUT2D eigenvalue weighted by molar-refractivity contribution is -0.274. The number of rotatable bonds is 6. The summed E-state index contributed by atoms with van der Waals surface area (Å²) < 4.78 is 48.5. The Morgan fingerprint density at radius 2 is 1.71 bits per heavy atom. The van der Waals surface area contributed by atoms with E-state index in [1.807, 2.05) is 28.8 Å². The molecule has 8 heteroatoms. The van der Waals surface area contributed by atoms with Crippen LogP contribution in [0.15, 0.2) is 60.7 Å². The lowest BCUT2D eigenvalue weighted by Crippen LogP contribution is -2.17. The van der Waals surface area contributed by atoms with Crippen LogP contribution in [0.25, 0.3) is 21.8 Å².